The summed E-state index contributed by atoms with van der Waals surface area (Å²) < 4.78 is 24.7. The minimum absolute atomic E-state index is 0.235. The van der Waals surface area contributed by atoms with Gasteiger partial charge in [0.15, 0.2) is 0 Å². The van der Waals surface area contributed by atoms with Gasteiger partial charge in [0.1, 0.15) is 39.5 Å². The van der Waals surface area contributed by atoms with Crippen molar-refractivity contribution in [3.8, 4) is 5.75 Å². The molecule has 1 aromatic carbocycles. The smallest absolute Gasteiger partial charge is 0.348 e. The van der Waals surface area contributed by atoms with Crippen molar-refractivity contribution in [1.82, 2.24) is 9.97 Å². The normalized spacial score (nSPS) is 21.1. The Balaban J connectivity index is 1.68. The number of anilines is 2. The standard InChI is InChI=1S/C21H22FN3O5S/c1-10-17-19(23-9-24-20(17)31-18(10)21(28)29-2)25-15-4-3-11(22)5-16(15)30-14-7-12(26)6-13(27)8-14/h3-5,9,12-14,26-27H,6-8H2,1-2H3,(H,23,24,25)/t12-,13+,14?. The van der Waals surface area contributed by atoms with Gasteiger partial charge < -0.3 is 25.0 Å². The van der Waals surface area contributed by atoms with Gasteiger partial charge in [0.2, 0.25) is 0 Å². The molecule has 3 aromatic rings. The number of ether oxygens (including phenoxy) is 2. The first kappa shape index (κ1) is 21.4. The average molecular weight is 447 g/mol. The molecule has 0 bridgehead atoms. The van der Waals surface area contributed by atoms with Gasteiger partial charge in [0.05, 0.1) is 30.4 Å². The highest BCUT2D eigenvalue weighted by atomic mass is 32.1. The molecule has 0 aliphatic heterocycles. The molecule has 1 saturated carbocycles. The topological polar surface area (TPSA) is 114 Å². The summed E-state index contributed by atoms with van der Waals surface area (Å²) in [6, 6.07) is 4.06. The summed E-state index contributed by atoms with van der Waals surface area (Å²) in [6.07, 6.45) is 0.552. The third kappa shape index (κ3) is 4.46. The fourth-order valence-corrected chi connectivity index (χ4v) is 4.83. The highest BCUT2D eigenvalue weighted by molar-refractivity contribution is 7.20. The van der Waals surface area contributed by atoms with Crippen LogP contribution in [0.25, 0.3) is 10.2 Å². The molecule has 1 unspecified atom stereocenters. The molecule has 3 N–H and O–H groups in total. The first-order chi connectivity index (χ1) is 14.9. The molecule has 2 heterocycles. The third-order valence-electron chi connectivity index (χ3n) is 5.20. The predicted molar refractivity (Wildman–Crippen MR) is 113 cm³/mol. The van der Waals surface area contributed by atoms with Crippen molar-refractivity contribution in [2.75, 3.05) is 12.4 Å². The van der Waals surface area contributed by atoms with Gasteiger partial charge in [0.25, 0.3) is 0 Å². The second-order valence-electron chi connectivity index (χ2n) is 7.47. The largest absolute Gasteiger partial charge is 0.488 e. The van der Waals surface area contributed by atoms with Crippen LogP contribution in [0.5, 0.6) is 5.75 Å². The van der Waals surface area contributed by atoms with Crippen molar-refractivity contribution in [2.24, 2.45) is 0 Å². The van der Waals surface area contributed by atoms with E-state index in [9.17, 15) is 19.4 Å². The molecule has 31 heavy (non-hydrogen) atoms. The Labute approximate surface area is 181 Å². The lowest BCUT2D eigenvalue weighted by Crippen LogP contribution is -2.36. The molecule has 0 saturated heterocycles. The summed E-state index contributed by atoms with van der Waals surface area (Å²) >= 11 is 1.20. The van der Waals surface area contributed by atoms with Crippen LogP contribution in [0.2, 0.25) is 0 Å². The van der Waals surface area contributed by atoms with E-state index in [1.54, 1.807) is 6.92 Å². The van der Waals surface area contributed by atoms with Gasteiger partial charge in [-0.25, -0.2) is 19.2 Å². The molecule has 1 fully saturated rings. The number of thiophene rings is 1. The first-order valence-corrected chi connectivity index (χ1v) is 10.6. The van der Waals surface area contributed by atoms with E-state index in [0.29, 0.717) is 51.4 Å². The molecule has 1 aliphatic carbocycles. The second kappa shape index (κ2) is 8.74. The van der Waals surface area contributed by atoms with Gasteiger partial charge >= 0.3 is 5.97 Å². The van der Waals surface area contributed by atoms with Gasteiger partial charge in [-0.1, -0.05) is 0 Å². The van der Waals surface area contributed by atoms with Crippen LogP contribution < -0.4 is 10.1 Å². The van der Waals surface area contributed by atoms with Crippen LogP contribution in [0.4, 0.5) is 15.9 Å². The van der Waals surface area contributed by atoms with E-state index < -0.39 is 30.1 Å². The van der Waals surface area contributed by atoms with Crippen LogP contribution in [0, 0.1) is 12.7 Å². The molecule has 2 aromatic heterocycles. The van der Waals surface area contributed by atoms with E-state index in [2.05, 4.69) is 15.3 Å². The highest BCUT2D eigenvalue weighted by Gasteiger charge is 2.28. The number of halogens is 1. The van der Waals surface area contributed by atoms with Crippen molar-refractivity contribution in [1.29, 1.82) is 0 Å². The van der Waals surface area contributed by atoms with Crippen molar-refractivity contribution < 1.29 is 28.9 Å². The summed E-state index contributed by atoms with van der Waals surface area (Å²) in [4.78, 5) is 21.6. The molecule has 0 spiro atoms. The number of nitrogens with zero attached hydrogens (tertiary/aromatic N) is 2. The fraction of sp³-hybridized carbons (Fsp3) is 0.381. The van der Waals surface area contributed by atoms with E-state index in [0.717, 1.165) is 0 Å². The Morgan fingerprint density at radius 2 is 1.97 bits per heavy atom. The lowest BCUT2D eigenvalue weighted by Gasteiger charge is -2.30. The second-order valence-corrected chi connectivity index (χ2v) is 8.47. The van der Waals surface area contributed by atoms with E-state index in [4.69, 9.17) is 9.47 Å². The number of nitrogens with one attached hydrogen (secondary N) is 1. The minimum atomic E-state index is -0.676. The van der Waals surface area contributed by atoms with Gasteiger partial charge in [-0.2, -0.15) is 0 Å². The lowest BCUT2D eigenvalue weighted by atomic mass is 9.92. The molecule has 164 valence electrons. The van der Waals surface area contributed by atoms with E-state index in [1.165, 1.54) is 43.0 Å². The number of hydrogen-bond donors (Lipinski definition) is 3. The molecule has 0 amide bonds. The SMILES string of the molecule is COC(=O)c1sc2ncnc(Nc3ccc(F)cc3OC3C[C@@H](O)C[C@@H](O)C3)c2c1C. The van der Waals surface area contributed by atoms with E-state index in [-0.39, 0.29) is 5.75 Å². The van der Waals surface area contributed by atoms with Crippen molar-refractivity contribution in [3.63, 3.8) is 0 Å². The quantitative estimate of drug-likeness (QED) is 0.511. The van der Waals surface area contributed by atoms with Gasteiger partial charge in [-0.05, 0) is 31.0 Å². The molecule has 4 rings (SSSR count). The fourth-order valence-electron chi connectivity index (χ4n) is 3.76. The number of hydrogen-bond acceptors (Lipinski definition) is 9. The van der Waals surface area contributed by atoms with E-state index >= 15 is 0 Å². The average Bonchev–Trinajstić information content (AvgIpc) is 3.06. The van der Waals surface area contributed by atoms with Gasteiger partial charge in [0, 0.05) is 18.9 Å². The summed E-state index contributed by atoms with van der Waals surface area (Å²) in [7, 11) is 1.32. The Kier molecular flexibility index (Phi) is 6.03. The zero-order valence-electron chi connectivity index (χ0n) is 17.0. The maximum absolute atomic E-state index is 14.0. The number of aliphatic hydroxyl groups excluding tert-OH is 2. The zero-order valence-corrected chi connectivity index (χ0v) is 17.8. The molecule has 10 heteroatoms. The van der Waals surface area contributed by atoms with Crippen molar-refractivity contribution in [2.45, 2.75) is 44.5 Å². The zero-order chi connectivity index (χ0) is 22.1. The number of esters is 1. The highest BCUT2D eigenvalue weighted by Crippen LogP contribution is 2.37. The first-order valence-electron chi connectivity index (χ1n) is 9.77. The third-order valence-corrected chi connectivity index (χ3v) is 6.38. The Hall–Kier alpha value is -2.82. The van der Waals surface area contributed by atoms with Gasteiger partial charge in [-0.15, -0.1) is 11.3 Å². The molecule has 3 atom stereocenters. The summed E-state index contributed by atoms with van der Waals surface area (Å²) in [6.45, 7) is 1.78. The molecule has 1 aliphatic rings. The summed E-state index contributed by atoms with van der Waals surface area (Å²) in [5, 5.41) is 23.7. The number of aromatic nitrogens is 2. The monoisotopic (exact) mass is 447 g/mol. The number of aryl methyl sites for hydroxylation is 1. The van der Waals surface area contributed by atoms with Crippen LogP contribution in [-0.4, -0.2) is 51.6 Å². The molecular weight excluding hydrogens is 425 g/mol. The Morgan fingerprint density at radius 1 is 1.23 bits per heavy atom. The molecular formula is C21H22FN3O5S. The maximum atomic E-state index is 14.0. The minimum Gasteiger partial charge on any atom is -0.488 e. The number of fused-ring (bicyclic) bond motifs is 1. The van der Waals surface area contributed by atoms with Crippen molar-refractivity contribution >= 4 is 39.0 Å². The van der Waals surface area contributed by atoms with Gasteiger partial charge in [-0.3, -0.25) is 0 Å². The number of aliphatic hydroxyl groups is 2. The Bertz CT molecular complexity index is 1110. The van der Waals surface area contributed by atoms with Crippen LogP contribution in [0.15, 0.2) is 24.5 Å². The predicted octanol–water partition coefficient (Wildman–Crippen LogP) is 3.32. The maximum Gasteiger partial charge on any atom is 0.348 e. The van der Waals surface area contributed by atoms with Crippen molar-refractivity contribution in [3.05, 3.63) is 40.8 Å². The van der Waals surface area contributed by atoms with Crippen LogP contribution in [0.3, 0.4) is 0 Å². The number of carbonyl (C=O) groups is 1. The van der Waals surface area contributed by atoms with Crippen LogP contribution >= 0.6 is 11.3 Å². The number of rotatable bonds is 5. The lowest BCUT2D eigenvalue weighted by molar-refractivity contribution is -0.0153. The van der Waals surface area contributed by atoms with Crippen LogP contribution in [-0.2, 0) is 4.74 Å². The summed E-state index contributed by atoms with van der Waals surface area (Å²) in [5.41, 5.74) is 1.14. The molecule has 0 radical (unpaired) electrons. The Morgan fingerprint density at radius 3 is 2.68 bits per heavy atom. The van der Waals surface area contributed by atoms with E-state index in [1.807, 2.05) is 0 Å². The number of benzene rings is 1. The van der Waals surface area contributed by atoms with Crippen LogP contribution in [0.1, 0.15) is 34.5 Å². The number of methoxy groups -OCH3 is 1. The number of carbonyl (C=O) groups excluding carboxylic acids is 1. The summed E-state index contributed by atoms with van der Waals surface area (Å²) in [5.74, 6) is -0.259. The molecule has 8 nitrogen and oxygen atoms in total.